The summed E-state index contributed by atoms with van der Waals surface area (Å²) < 4.78 is 5.04. The van der Waals surface area contributed by atoms with Gasteiger partial charge in [0.05, 0.1) is 6.61 Å². The number of carbonyl (C=O) groups excluding carboxylic acids is 2. The first kappa shape index (κ1) is 21.6. The van der Waals surface area contributed by atoms with Crippen LogP contribution in [0.5, 0.6) is 0 Å². The Morgan fingerprint density at radius 3 is 2.71 bits per heavy atom. The van der Waals surface area contributed by atoms with Crippen molar-refractivity contribution in [2.45, 2.75) is 32.8 Å². The largest absolute Gasteiger partial charge is 0.461 e. The van der Waals surface area contributed by atoms with Crippen molar-refractivity contribution in [3.05, 3.63) is 40.4 Å². The second-order valence-electron chi connectivity index (χ2n) is 6.15. The fourth-order valence-corrected chi connectivity index (χ4v) is 3.60. The monoisotopic (exact) mass is 400 g/mol. The molecular formula is C21H24N2O4S. The first-order chi connectivity index (χ1) is 13.4. The number of likely N-dealkylation sites (N-methyl/N-ethyl adjacent to an activating group) is 1. The molecule has 1 aliphatic heterocycles. The first-order valence-corrected chi connectivity index (χ1v) is 9.89. The molecule has 0 saturated carbocycles. The summed E-state index contributed by atoms with van der Waals surface area (Å²) >= 11 is 1.51. The third kappa shape index (κ3) is 5.18. The predicted octanol–water partition coefficient (Wildman–Crippen LogP) is 2.74. The highest BCUT2D eigenvalue weighted by Crippen LogP contribution is 2.29. The number of aromatic nitrogens is 1. The molecule has 1 saturated heterocycles. The van der Waals surface area contributed by atoms with Crippen LogP contribution in [0.2, 0.25) is 0 Å². The van der Waals surface area contributed by atoms with Crippen molar-refractivity contribution in [3.63, 3.8) is 0 Å². The Bertz CT molecular complexity index is 873. The molecule has 1 amide bonds. The molecule has 1 aliphatic rings. The summed E-state index contributed by atoms with van der Waals surface area (Å²) in [7, 11) is 1.69. The number of aryl methyl sites for hydroxylation is 1. The number of thiazole rings is 1. The van der Waals surface area contributed by atoms with Gasteiger partial charge in [-0.15, -0.1) is 17.8 Å². The summed E-state index contributed by atoms with van der Waals surface area (Å²) in [5.41, 5.74) is 2.14. The summed E-state index contributed by atoms with van der Waals surface area (Å²) in [5, 5.41) is 9.57. The number of terminal acetylenes is 1. The lowest BCUT2D eigenvalue weighted by Crippen LogP contribution is -2.24. The third-order valence-electron chi connectivity index (χ3n) is 4.16. The summed E-state index contributed by atoms with van der Waals surface area (Å²) in [6, 6.07) is 7.59. The molecule has 3 rings (SSSR count). The topological polar surface area (TPSA) is 79.7 Å². The molecule has 148 valence electrons. The van der Waals surface area contributed by atoms with Gasteiger partial charge >= 0.3 is 5.97 Å². The van der Waals surface area contributed by atoms with E-state index in [9.17, 15) is 9.59 Å². The van der Waals surface area contributed by atoms with Gasteiger partial charge in [-0.1, -0.05) is 25.0 Å². The highest BCUT2D eigenvalue weighted by Gasteiger charge is 2.26. The van der Waals surface area contributed by atoms with Crippen molar-refractivity contribution in [1.82, 2.24) is 9.88 Å². The molecule has 0 aliphatic carbocycles. The number of amides is 1. The number of ether oxygens (including phenoxy) is 1. The smallest absolute Gasteiger partial charge is 0.358 e. The number of rotatable bonds is 4. The number of benzene rings is 1. The molecule has 28 heavy (non-hydrogen) atoms. The number of hydrogen-bond acceptors (Lipinski definition) is 6. The van der Waals surface area contributed by atoms with Gasteiger partial charge in [-0.3, -0.25) is 4.79 Å². The lowest BCUT2D eigenvalue weighted by Gasteiger charge is -2.04. The molecule has 7 heteroatoms. The number of nitrogens with zero attached hydrogens (tertiary/aromatic N) is 2. The van der Waals surface area contributed by atoms with E-state index in [1.165, 1.54) is 16.2 Å². The Morgan fingerprint density at radius 1 is 1.46 bits per heavy atom. The van der Waals surface area contributed by atoms with E-state index in [1.807, 2.05) is 31.2 Å². The highest BCUT2D eigenvalue weighted by atomic mass is 32.1. The summed E-state index contributed by atoms with van der Waals surface area (Å²) in [4.78, 5) is 29.4. The molecule has 0 radical (unpaired) electrons. The van der Waals surface area contributed by atoms with Gasteiger partial charge in [0.15, 0.2) is 5.69 Å². The molecular weight excluding hydrogens is 376 g/mol. The van der Waals surface area contributed by atoms with E-state index in [-0.39, 0.29) is 11.9 Å². The molecule has 0 bridgehead atoms. The number of hydrogen-bond donors (Lipinski definition) is 1. The van der Waals surface area contributed by atoms with Gasteiger partial charge in [0.2, 0.25) is 0 Å². The van der Waals surface area contributed by atoms with E-state index in [2.05, 4.69) is 10.9 Å². The van der Waals surface area contributed by atoms with E-state index in [0.717, 1.165) is 27.4 Å². The third-order valence-corrected chi connectivity index (χ3v) is 5.41. The zero-order valence-electron chi connectivity index (χ0n) is 16.3. The molecule has 6 nitrogen and oxygen atoms in total. The average Bonchev–Trinajstić information content (AvgIpc) is 3.28. The second kappa shape index (κ2) is 10.0. The van der Waals surface area contributed by atoms with Crippen LogP contribution in [-0.4, -0.2) is 53.2 Å². The fraction of sp³-hybridized carbons (Fsp3) is 0.381. The first-order valence-electron chi connectivity index (χ1n) is 9.08. The van der Waals surface area contributed by atoms with Crippen LogP contribution >= 0.6 is 11.3 Å². The van der Waals surface area contributed by atoms with Crippen molar-refractivity contribution in [3.8, 4) is 22.9 Å². The number of aliphatic hydroxyl groups excluding tert-OH is 1. The van der Waals surface area contributed by atoms with Crippen LogP contribution in [0, 0.1) is 12.3 Å². The van der Waals surface area contributed by atoms with E-state index in [4.69, 9.17) is 16.3 Å². The van der Waals surface area contributed by atoms with Crippen LogP contribution in [0.25, 0.3) is 10.6 Å². The quantitative estimate of drug-likeness (QED) is 0.631. The molecule has 1 atom stereocenters. The minimum Gasteiger partial charge on any atom is -0.461 e. The molecule has 0 spiro atoms. The molecule has 2 heterocycles. The fourth-order valence-electron chi connectivity index (χ4n) is 2.62. The normalized spacial score (nSPS) is 15.6. The standard InChI is InChI=1S/C16H15NO2S.C5H9NO2/c1-4-11-8-7-9-12(10-11)15-17-14(13(5-2)20-15)16(18)19-6-3;1-6-3-2-4(7)5(6)8/h1,7-10H,5-6H2,2-3H3;4,7H,2-3H2,1H3. The molecule has 1 aromatic heterocycles. The Hall–Kier alpha value is -2.69. The van der Waals surface area contributed by atoms with Crippen LogP contribution in [0.4, 0.5) is 0 Å². The summed E-state index contributed by atoms with van der Waals surface area (Å²) in [6.45, 7) is 4.83. The van der Waals surface area contributed by atoms with Crippen molar-refractivity contribution in [2.24, 2.45) is 0 Å². The number of esters is 1. The van der Waals surface area contributed by atoms with E-state index < -0.39 is 6.10 Å². The van der Waals surface area contributed by atoms with Gasteiger partial charge in [0.25, 0.3) is 5.91 Å². The van der Waals surface area contributed by atoms with Crippen LogP contribution < -0.4 is 0 Å². The average molecular weight is 401 g/mol. The molecule has 2 aromatic rings. The Balaban J connectivity index is 0.000000292. The van der Waals surface area contributed by atoms with Gasteiger partial charge in [-0.05, 0) is 31.9 Å². The van der Waals surface area contributed by atoms with Crippen molar-refractivity contribution in [1.29, 1.82) is 0 Å². The number of likely N-dealkylation sites (tertiary alicyclic amines) is 1. The second-order valence-corrected chi connectivity index (χ2v) is 7.24. The predicted molar refractivity (Wildman–Crippen MR) is 109 cm³/mol. The Labute approximate surface area is 169 Å². The van der Waals surface area contributed by atoms with E-state index in [1.54, 1.807) is 14.0 Å². The van der Waals surface area contributed by atoms with E-state index in [0.29, 0.717) is 25.3 Å². The maximum atomic E-state index is 11.9. The number of carbonyl (C=O) groups is 2. The van der Waals surface area contributed by atoms with E-state index >= 15 is 0 Å². The lowest BCUT2D eigenvalue weighted by molar-refractivity contribution is -0.133. The highest BCUT2D eigenvalue weighted by molar-refractivity contribution is 7.15. The van der Waals surface area contributed by atoms with Crippen LogP contribution in [0.3, 0.4) is 0 Å². The minimum atomic E-state index is -0.722. The molecule has 1 fully saturated rings. The SMILES string of the molecule is C#Cc1cccc(-c2nc(C(=O)OCC)c(CC)s2)c1.CN1CCC(O)C1=O. The Morgan fingerprint density at radius 2 is 2.21 bits per heavy atom. The van der Waals surface area contributed by atoms with Crippen molar-refractivity contribution < 1.29 is 19.4 Å². The zero-order chi connectivity index (χ0) is 20.7. The van der Waals surface area contributed by atoms with Crippen LogP contribution in [-0.2, 0) is 16.0 Å². The van der Waals surface area contributed by atoms with Gasteiger partial charge in [0, 0.05) is 29.6 Å². The van der Waals surface area contributed by atoms with Gasteiger partial charge in [-0.2, -0.15) is 0 Å². The maximum absolute atomic E-state index is 11.9. The van der Waals surface area contributed by atoms with Gasteiger partial charge in [0.1, 0.15) is 11.1 Å². The van der Waals surface area contributed by atoms with Crippen LogP contribution in [0.15, 0.2) is 24.3 Å². The molecule has 1 aromatic carbocycles. The lowest BCUT2D eigenvalue weighted by atomic mass is 10.1. The van der Waals surface area contributed by atoms with Crippen LogP contribution in [0.1, 0.15) is 41.2 Å². The van der Waals surface area contributed by atoms with Gasteiger partial charge < -0.3 is 14.7 Å². The number of aliphatic hydroxyl groups is 1. The van der Waals surface area contributed by atoms with Crippen molar-refractivity contribution in [2.75, 3.05) is 20.2 Å². The van der Waals surface area contributed by atoms with Gasteiger partial charge in [-0.25, -0.2) is 9.78 Å². The zero-order valence-corrected chi connectivity index (χ0v) is 17.1. The minimum absolute atomic E-state index is 0.148. The summed E-state index contributed by atoms with van der Waals surface area (Å²) in [6.07, 6.45) is 6.03. The maximum Gasteiger partial charge on any atom is 0.358 e. The molecule has 1 unspecified atom stereocenters. The van der Waals surface area contributed by atoms with Crippen molar-refractivity contribution >= 4 is 23.2 Å². The Kier molecular flexibility index (Phi) is 7.73. The molecule has 1 N–H and O–H groups in total. The summed E-state index contributed by atoms with van der Waals surface area (Å²) in [5.74, 6) is 2.09.